The van der Waals surface area contributed by atoms with Crippen LogP contribution in [0.5, 0.6) is 0 Å². The maximum atomic E-state index is 12.1. The molecular formula is C18H20BrN3O2. The Morgan fingerprint density at radius 3 is 2.92 bits per heavy atom. The molecule has 1 amide bonds. The van der Waals surface area contributed by atoms with Gasteiger partial charge in [0.1, 0.15) is 5.69 Å². The van der Waals surface area contributed by atoms with Crippen molar-refractivity contribution in [1.82, 2.24) is 10.3 Å². The maximum Gasteiger partial charge on any atom is 0.269 e. The van der Waals surface area contributed by atoms with E-state index in [-0.39, 0.29) is 12.0 Å². The molecule has 5 nitrogen and oxygen atoms in total. The smallest absolute Gasteiger partial charge is 0.269 e. The van der Waals surface area contributed by atoms with Gasteiger partial charge in [0.25, 0.3) is 5.91 Å². The minimum Gasteiger partial charge on any atom is -0.376 e. The number of rotatable bonds is 5. The summed E-state index contributed by atoms with van der Waals surface area (Å²) in [6.45, 7) is 3.37. The van der Waals surface area contributed by atoms with Crippen LogP contribution in [0.15, 0.2) is 41.0 Å². The number of nitrogens with zero attached hydrogens (tertiary/aromatic N) is 1. The molecule has 126 valence electrons. The van der Waals surface area contributed by atoms with E-state index >= 15 is 0 Å². The van der Waals surface area contributed by atoms with Crippen molar-refractivity contribution in [3.63, 3.8) is 0 Å². The van der Waals surface area contributed by atoms with Crippen molar-refractivity contribution >= 4 is 33.2 Å². The van der Waals surface area contributed by atoms with Crippen molar-refractivity contribution in [2.45, 2.75) is 25.9 Å². The Labute approximate surface area is 149 Å². The van der Waals surface area contributed by atoms with Crippen molar-refractivity contribution in [3.05, 3.63) is 52.3 Å². The number of hydrogen-bond acceptors (Lipinski definition) is 4. The van der Waals surface area contributed by atoms with Crippen molar-refractivity contribution < 1.29 is 9.53 Å². The Kier molecular flexibility index (Phi) is 5.48. The Hall–Kier alpha value is -1.92. The molecule has 2 heterocycles. The van der Waals surface area contributed by atoms with Gasteiger partial charge in [-0.2, -0.15) is 0 Å². The number of ether oxygens (including phenoxy) is 1. The van der Waals surface area contributed by atoms with Crippen LogP contribution in [0.25, 0.3) is 0 Å². The van der Waals surface area contributed by atoms with Gasteiger partial charge in [0, 0.05) is 17.6 Å². The first-order valence-corrected chi connectivity index (χ1v) is 8.80. The second kappa shape index (κ2) is 7.77. The standard InChI is InChI=1S/C18H20BrN3O2/c1-12-4-6-16(15(19)9-12)22-13-5-7-17(20-10-13)18(23)21-11-14-3-2-8-24-14/h4-7,9-10,14,22H,2-3,8,11H2,1H3,(H,21,23). The van der Waals surface area contributed by atoms with Crippen molar-refractivity contribution in [2.24, 2.45) is 0 Å². The molecule has 1 aliphatic heterocycles. The molecular weight excluding hydrogens is 370 g/mol. The van der Waals surface area contributed by atoms with Gasteiger partial charge in [-0.05, 0) is 65.5 Å². The van der Waals surface area contributed by atoms with E-state index in [2.05, 4.69) is 31.5 Å². The molecule has 1 atom stereocenters. The molecule has 1 aliphatic rings. The second-order valence-corrected chi connectivity index (χ2v) is 6.74. The number of benzene rings is 1. The summed E-state index contributed by atoms with van der Waals surface area (Å²) in [5.41, 5.74) is 3.37. The lowest BCUT2D eigenvalue weighted by molar-refractivity contribution is 0.0854. The lowest BCUT2D eigenvalue weighted by Crippen LogP contribution is -2.32. The number of aryl methyl sites for hydroxylation is 1. The normalized spacial score (nSPS) is 16.8. The second-order valence-electron chi connectivity index (χ2n) is 5.89. The minimum absolute atomic E-state index is 0.133. The number of hydrogen-bond donors (Lipinski definition) is 2. The van der Waals surface area contributed by atoms with Gasteiger partial charge in [0.05, 0.1) is 23.7 Å². The van der Waals surface area contributed by atoms with Crippen LogP contribution in [0, 0.1) is 6.92 Å². The molecule has 24 heavy (non-hydrogen) atoms. The van der Waals surface area contributed by atoms with Gasteiger partial charge in [-0.15, -0.1) is 0 Å². The summed E-state index contributed by atoms with van der Waals surface area (Å²) in [4.78, 5) is 16.3. The van der Waals surface area contributed by atoms with Gasteiger partial charge >= 0.3 is 0 Å². The highest BCUT2D eigenvalue weighted by Gasteiger charge is 2.17. The number of anilines is 2. The number of carbonyl (C=O) groups excluding carboxylic acids is 1. The van der Waals surface area contributed by atoms with E-state index < -0.39 is 0 Å². The third-order valence-electron chi connectivity index (χ3n) is 3.91. The zero-order valence-corrected chi connectivity index (χ0v) is 15.1. The fraction of sp³-hybridized carbons (Fsp3) is 0.333. The number of amides is 1. The summed E-state index contributed by atoms with van der Waals surface area (Å²) in [6.07, 6.45) is 3.86. The number of nitrogens with one attached hydrogen (secondary N) is 2. The molecule has 0 saturated carbocycles. The van der Waals surface area contributed by atoms with E-state index in [9.17, 15) is 4.79 Å². The highest BCUT2D eigenvalue weighted by atomic mass is 79.9. The van der Waals surface area contributed by atoms with E-state index in [1.165, 1.54) is 5.56 Å². The molecule has 0 radical (unpaired) electrons. The van der Waals surface area contributed by atoms with Gasteiger partial charge < -0.3 is 15.4 Å². The molecule has 0 bridgehead atoms. The summed E-state index contributed by atoms with van der Waals surface area (Å²) in [5, 5.41) is 6.15. The predicted octanol–water partition coefficient (Wildman–Crippen LogP) is 3.80. The summed E-state index contributed by atoms with van der Waals surface area (Å²) < 4.78 is 6.48. The Bertz CT molecular complexity index is 713. The van der Waals surface area contributed by atoms with Crippen LogP contribution in [-0.4, -0.2) is 30.1 Å². The number of halogens is 1. The van der Waals surface area contributed by atoms with Crippen molar-refractivity contribution in [2.75, 3.05) is 18.5 Å². The van der Waals surface area contributed by atoms with Crippen LogP contribution >= 0.6 is 15.9 Å². The highest BCUT2D eigenvalue weighted by Crippen LogP contribution is 2.26. The van der Waals surface area contributed by atoms with Gasteiger partial charge in [0.2, 0.25) is 0 Å². The molecule has 6 heteroatoms. The van der Waals surface area contributed by atoms with Crippen LogP contribution in [0.4, 0.5) is 11.4 Å². The number of carbonyl (C=O) groups is 1. The van der Waals surface area contributed by atoms with Crippen LogP contribution < -0.4 is 10.6 Å². The fourth-order valence-electron chi connectivity index (χ4n) is 2.58. The minimum atomic E-state index is -0.173. The van der Waals surface area contributed by atoms with Crippen LogP contribution in [0.3, 0.4) is 0 Å². The first kappa shape index (κ1) is 16.9. The summed E-state index contributed by atoms with van der Waals surface area (Å²) in [6, 6.07) is 9.65. The number of aromatic nitrogens is 1. The van der Waals surface area contributed by atoms with E-state index in [1.54, 1.807) is 12.3 Å². The lowest BCUT2D eigenvalue weighted by Gasteiger charge is -2.11. The van der Waals surface area contributed by atoms with Crippen LogP contribution in [0.1, 0.15) is 28.9 Å². The van der Waals surface area contributed by atoms with Crippen molar-refractivity contribution in [1.29, 1.82) is 0 Å². The highest BCUT2D eigenvalue weighted by molar-refractivity contribution is 9.10. The van der Waals surface area contributed by atoms with Gasteiger partial charge in [0.15, 0.2) is 0 Å². The number of pyridine rings is 1. The quantitative estimate of drug-likeness (QED) is 0.815. The van der Waals surface area contributed by atoms with Gasteiger partial charge in [-0.3, -0.25) is 4.79 Å². The molecule has 0 aliphatic carbocycles. The zero-order chi connectivity index (χ0) is 16.9. The summed E-state index contributed by atoms with van der Waals surface area (Å²) in [7, 11) is 0. The average molecular weight is 390 g/mol. The molecule has 1 aromatic heterocycles. The third kappa shape index (κ3) is 4.33. The average Bonchev–Trinajstić information content (AvgIpc) is 3.09. The molecule has 1 saturated heterocycles. The van der Waals surface area contributed by atoms with Gasteiger partial charge in [-0.25, -0.2) is 4.98 Å². The van der Waals surface area contributed by atoms with E-state index in [1.807, 2.05) is 31.2 Å². The molecule has 0 spiro atoms. The molecule has 1 aromatic carbocycles. The first-order chi connectivity index (χ1) is 11.6. The van der Waals surface area contributed by atoms with E-state index in [0.717, 1.165) is 35.3 Å². The largest absolute Gasteiger partial charge is 0.376 e. The molecule has 2 N–H and O–H groups in total. The maximum absolute atomic E-state index is 12.1. The zero-order valence-electron chi connectivity index (χ0n) is 13.5. The summed E-state index contributed by atoms with van der Waals surface area (Å²) >= 11 is 3.54. The van der Waals surface area contributed by atoms with Gasteiger partial charge in [-0.1, -0.05) is 6.07 Å². The topological polar surface area (TPSA) is 63.2 Å². The monoisotopic (exact) mass is 389 g/mol. The lowest BCUT2D eigenvalue weighted by atomic mass is 10.2. The van der Waals surface area contributed by atoms with E-state index in [4.69, 9.17) is 4.74 Å². The van der Waals surface area contributed by atoms with Crippen molar-refractivity contribution in [3.8, 4) is 0 Å². The molecule has 1 fully saturated rings. The van der Waals surface area contributed by atoms with E-state index in [0.29, 0.717) is 12.2 Å². The Morgan fingerprint density at radius 1 is 1.38 bits per heavy atom. The fourth-order valence-corrected chi connectivity index (χ4v) is 3.17. The molecule has 2 aromatic rings. The molecule has 3 rings (SSSR count). The summed E-state index contributed by atoms with van der Waals surface area (Å²) in [5.74, 6) is -0.173. The first-order valence-electron chi connectivity index (χ1n) is 8.01. The van der Waals surface area contributed by atoms with Crippen LogP contribution in [0.2, 0.25) is 0 Å². The predicted molar refractivity (Wildman–Crippen MR) is 97.7 cm³/mol. The van der Waals surface area contributed by atoms with Crippen LogP contribution in [-0.2, 0) is 4.74 Å². The molecule has 1 unspecified atom stereocenters. The Balaban J connectivity index is 1.59. The Morgan fingerprint density at radius 2 is 2.25 bits per heavy atom. The third-order valence-corrected chi connectivity index (χ3v) is 4.57. The SMILES string of the molecule is Cc1ccc(Nc2ccc(C(=O)NCC3CCCO3)nc2)c(Br)c1.